The molecule has 0 saturated carbocycles. The fourth-order valence-corrected chi connectivity index (χ4v) is 3.94. The third-order valence-corrected chi connectivity index (χ3v) is 9.62. The van der Waals surface area contributed by atoms with E-state index in [-0.39, 0.29) is 17.1 Å². The van der Waals surface area contributed by atoms with E-state index in [1.54, 1.807) is 0 Å². The maximum Gasteiger partial charge on any atom is 0.410 e. The minimum absolute atomic E-state index is 0.0853. The average Bonchev–Trinajstić information content (AvgIpc) is 2.45. The number of likely N-dealkylation sites (tertiary alicyclic amines) is 1. The molecule has 3 atom stereocenters. The van der Waals surface area contributed by atoms with Crippen molar-refractivity contribution in [3.05, 3.63) is 0 Å². The van der Waals surface area contributed by atoms with Crippen molar-refractivity contribution in [3.63, 3.8) is 0 Å². The van der Waals surface area contributed by atoms with Crippen molar-refractivity contribution in [3.8, 4) is 0 Å². The first-order valence-electron chi connectivity index (χ1n) is 8.04. The third-order valence-electron chi connectivity index (χ3n) is 5.12. The zero-order valence-corrected chi connectivity index (χ0v) is 16.6. The molecule has 0 bridgehead atoms. The van der Waals surface area contributed by atoms with Crippen LogP contribution in [0, 0.1) is 5.92 Å². The molecule has 0 unspecified atom stereocenters. The Morgan fingerprint density at radius 2 is 1.70 bits per heavy atom. The molecule has 0 spiro atoms. The topological polar surface area (TPSA) is 65.1 Å². The molecule has 1 aliphatic rings. The van der Waals surface area contributed by atoms with Crippen LogP contribution < -0.4 is 0 Å². The van der Waals surface area contributed by atoms with Crippen molar-refractivity contribution in [1.82, 2.24) is 4.90 Å². The van der Waals surface area contributed by atoms with Crippen molar-refractivity contribution in [2.45, 2.75) is 64.4 Å². The molecule has 0 radical (unpaired) electrons. The number of hydrogen-bond donors (Lipinski definition) is 0. The van der Waals surface area contributed by atoms with Gasteiger partial charge in [0.1, 0.15) is 6.04 Å². The molecule has 1 rings (SSSR count). The summed E-state index contributed by atoms with van der Waals surface area (Å²) in [5, 5.41) is 0.0853. The quantitative estimate of drug-likeness (QED) is 0.581. The van der Waals surface area contributed by atoms with Crippen molar-refractivity contribution in [1.29, 1.82) is 0 Å². The summed E-state index contributed by atoms with van der Waals surface area (Å²) in [5.41, 5.74) is 0. The summed E-state index contributed by atoms with van der Waals surface area (Å²) in [4.78, 5) is 25.5. The van der Waals surface area contributed by atoms with Crippen LogP contribution in [0.4, 0.5) is 4.79 Å². The highest BCUT2D eigenvalue weighted by atomic mass is 28.4. The first-order chi connectivity index (χ1) is 10.4. The van der Waals surface area contributed by atoms with Crippen LogP contribution in [0.3, 0.4) is 0 Å². The van der Waals surface area contributed by atoms with Gasteiger partial charge < -0.3 is 13.9 Å². The Hall–Kier alpha value is -1.08. The highest BCUT2D eigenvalue weighted by Crippen LogP contribution is 2.39. The fourth-order valence-electron chi connectivity index (χ4n) is 2.52. The van der Waals surface area contributed by atoms with Crippen molar-refractivity contribution < 1.29 is 23.5 Å². The Kier molecular flexibility index (Phi) is 6.26. The van der Waals surface area contributed by atoms with Gasteiger partial charge in [0.05, 0.1) is 26.9 Å². The highest BCUT2D eigenvalue weighted by Gasteiger charge is 2.45. The van der Waals surface area contributed by atoms with Crippen LogP contribution in [0.1, 0.15) is 34.1 Å². The molecule has 0 aromatic heterocycles. The molecule has 7 heteroatoms. The molecule has 0 aromatic rings. The summed E-state index contributed by atoms with van der Waals surface area (Å²) in [6, 6.07) is -0.610. The Morgan fingerprint density at radius 3 is 2.13 bits per heavy atom. The van der Waals surface area contributed by atoms with Gasteiger partial charge in [0, 0.05) is 0 Å². The minimum Gasteiger partial charge on any atom is -0.467 e. The van der Waals surface area contributed by atoms with Gasteiger partial charge in [-0.25, -0.2) is 9.59 Å². The normalized spacial score (nSPS) is 25.9. The Balaban J connectivity index is 2.98. The second-order valence-electron chi connectivity index (χ2n) is 7.79. The summed E-state index contributed by atoms with van der Waals surface area (Å²) in [6.07, 6.45) is -0.104. The largest absolute Gasteiger partial charge is 0.467 e. The number of ether oxygens (including phenoxy) is 2. The Morgan fingerprint density at radius 1 is 1.13 bits per heavy atom. The van der Waals surface area contributed by atoms with Gasteiger partial charge >= 0.3 is 12.1 Å². The van der Waals surface area contributed by atoms with Gasteiger partial charge in [0.2, 0.25) is 0 Å². The molecular formula is C16H31NO5Si. The zero-order chi connectivity index (χ0) is 18.0. The molecule has 1 amide bonds. The fraction of sp³-hybridized carbons (Fsp3) is 0.875. The maximum absolute atomic E-state index is 12.1. The highest BCUT2D eigenvalue weighted by molar-refractivity contribution is 6.74. The smallest absolute Gasteiger partial charge is 0.410 e. The molecule has 23 heavy (non-hydrogen) atoms. The molecule has 6 nitrogen and oxygen atoms in total. The van der Waals surface area contributed by atoms with Gasteiger partial charge in [-0.1, -0.05) is 27.7 Å². The molecule has 1 saturated heterocycles. The van der Waals surface area contributed by atoms with E-state index in [0.717, 1.165) is 0 Å². The number of amides is 1. The number of methoxy groups -OCH3 is 2. The van der Waals surface area contributed by atoms with Crippen LogP contribution in [0.2, 0.25) is 18.1 Å². The van der Waals surface area contributed by atoms with Crippen LogP contribution in [0.25, 0.3) is 0 Å². The maximum atomic E-state index is 12.1. The molecule has 0 N–H and O–H groups in total. The molecule has 1 aliphatic heterocycles. The SMILES string of the molecule is COC(=O)[C@@H]1C[C@H](C)[C@H](O[Si](C)(C)C(C)(C)C)CN1C(=O)OC. The van der Waals surface area contributed by atoms with Gasteiger partial charge in [-0.3, -0.25) is 4.90 Å². The summed E-state index contributed by atoms with van der Waals surface area (Å²) < 4.78 is 16.1. The molecule has 1 fully saturated rings. The summed E-state index contributed by atoms with van der Waals surface area (Å²) >= 11 is 0. The van der Waals surface area contributed by atoms with Gasteiger partial charge in [-0.2, -0.15) is 0 Å². The summed E-state index contributed by atoms with van der Waals surface area (Å²) in [6.45, 7) is 13.3. The molecular weight excluding hydrogens is 314 g/mol. The van der Waals surface area contributed by atoms with E-state index >= 15 is 0 Å². The second-order valence-corrected chi connectivity index (χ2v) is 12.5. The lowest BCUT2D eigenvalue weighted by Gasteiger charge is -2.46. The van der Waals surface area contributed by atoms with E-state index < -0.39 is 26.4 Å². The van der Waals surface area contributed by atoms with E-state index in [4.69, 9.17) is 13.9 Å². The zero-order valence-electron chi connectivity index (χ0n) is 15.6. The van der Waals surface area contributed by atoms with Crippen molar-refractivity contribution >= 4 is 20.4 Å². The van der Waals surface area contributed by atoms with Gasteiger partial charge in [0.15, 0.2) is 8.32 Å². The van der Waals surface area contributed by atoms with Crippen LogP contribution >= 0.6 is 0 Å². The molecule has 0 aliphatic carbocycles. The summed E-state index contributed by atoms with van der Waals surface area (Å²) in [7, 11) is 0.691. The molecule has 134 valence electrons. The Labute approximate surface area is 140 Å². The van der Waals surface area contributed by atoms with Crippen LogP contribution in [0.15, 0.2) is 0 Å². The van der Waals surface area contributed by atoms with Crippen LogP contribution in [0.5, 0.6) is 0 Å². The van der Waals surface area contributed by atoms with Gasteiger partial charge in [-0.15, -0.1) is 0 Å². The lowest BCUT2D eigenvalue weighted by atomic mass is 9.90. The number of carbonyl (C=O) groups excluding carboxylic acids is 2. The Bertz CT molecular complexity index is 446. The van der Waals surface area contributed by atoms with Crippen LogP contribution in [-0.2, 0) is 18.7 Å². The van der Waals surface area contributed by atoms with E-state index in [0.29, 0.717) is 13.0 Å². The summed E-state index contributed by atoms with van der Waals surface area (Å²) in [5.74, 6) is -0.248. The number of piperidine rings is 1. The minimum atomic E-state index is -1.96. The predicted octanol–water partition coefficient (Wildman–Crippen LogP) is 3.03. The van der Waals surface area contributed by atoms with Crippen LogP contribution in [-0.4, -0.2) is 58.2 Å². The van der Waals surface area contributed by atoms with E-state index in [9.17, 15) is 9.59 Å². The van der Waals surface area contributed by atoms with E-state index in [2.05, 4.69) is 40.8 Å². The van der Waals surface area contributed by atoms with E-state index in [1.165, 1.54) is 19.1 Å². The number of carbonyl (C=O) groups is 2. The van der Waals surface area contributed by atoms with Crippen molar-refractivity contribution in [2.24, 2.45) is 5.92 Å². The van der Waals surface area contributed by atoms with Gasteiger partial charge in [-0.05, 0) is 30.5 Å². The predicted molar refractivity (Wildman–Crippen MR) is 90.8 cm³/mol. The average molecular weight is 346 g/mol. The second kappa shape index (κ2) is 7.21. The van der Waals surface area contributed by atoms with Gasteiger partial charge in [0.25, 0.3) is 0 Å². The standard InChI is InChI=1S/C16H31NO5Si/c1-11-9-12(14(18)20-5)17(15(19)21-6)10-13(11)22-23(7,8)16(2,3)4/h11-13H,9-10H2,1-8H3/t11-,12-,13+/m0/s1. The number of hydrogen-bond acceptors (Lipinski definition) is 5. The number of esters is 1. The van der Waals surface area contributed by atoms with E-state index in [1.807, 2.05) is 0 Å². The van der Waals surface area contributed by atoms with Crippen molar-refractivity contribution in [2.75, 3.05) is 20.8 Å². The number of nitrogens with zero attached hydrogens (tertiary/aromatic N) is 1. The number of rotatable bonds is 3. The first kappa shape index (κ1) is 20.0. The lowest BCUT2D eigenvalue weighted by molar-refractivity contribution is -0.149. The first-order valence-corrected chi connectivity index (χ1v) is 11.0. The monoisotopic (exact) mass is 345 g/mol. The molecule has 0 aromatic carbocycles. The molecule has 1 heterocycles. The lowest BCUT2D eigenvalue weighted by Crippen LogP contribution is -2.58. The third kappa shape index (κ3) is 4.47.